The van der Waals surface area contributed by atoms with Crippen LogP contribution in [0.15, 0.2) is 24.3 Å². The highest BCUT2D eigenvalue weighted by Crippen LogP contribution is 2.35. The van der Waals surface area contributed by atoms with E-state index in [2.05, 4.69) is 10.3 Å². The molecule has 0 radical (unpaired) electrons. The molecule has 1 aliphatic heterocycles. The van der Waals surface area contributed by atoms with E-state index in [4.69, 9.17) is 0 Å². The number of aromatic nitrogens is 1. The molecule has 3 rings (SSSR count). The van der Waals surface area contributed by atoms with Crippen LogP contribution in [0.4, 0.5) is 18.9 Å². The summed E-state index contributed by atoms with van der Waals surface area (Å²) >= 11 is 0. The summed E-state index contributed by atoms with van der Waals surface area (Å²) in [6.45, 7) is 0. The van der Waals surface area contributed by atoms with E-state index in [0.29, 0.717) is 11.1 Å². The number of hydrogen-bond acceptors (Lipinski definition) is 2. The van der Waals surface area contributed by atoms with Gasteiger partial charge in [-0.1, -0.05) is 6.07 Å². The fourth-order valence-electron chi connectivity index (χ4n) is 2.16. The third-order valence-electron chi connectivity index (χ3n) is 2.91. The van der Waals surface area contributed by atoms with Gasteiger partial charge in [0.2, 0.25) is 17.8 Å². The first-order valence-corrected chi connectivity index (χ1v) is 5.49. The number of nitrogens with one attached hydrogen (secondary N) is 1. The van der Waals surface area contributed by atoms with Crippen LogP contribution in [0.25, 0.3) is 11.1 Å². The predicted molar refractivity (Wildman–Crippen MR) is 61.9 cm³/mol. The molecule has 0 unspecified atom stereocenters. The Balaban J connectivity index is 2.34. The van der Waals surface area contributed by atoms with Crippen molar-refractivity contribution in [2.45, 2.75) is 6.42 Å². The lowest BCUT2D eigenvalue weighted by atomic mass is 9.99. The normalized spacial score (nSPS) is 13.3. The number of rotatable bonds is 0. The molecule has 0 fully saturated rings. The van der Waals surface area contributed by atoms with Crippen LogP contribution in [-0.4, -0.2) is 10.9 Å². The van der Waals surface area contributed by atoms with Crippen LogP contribution in [0.5, 0.6) is 0 Å². The monoisotopic (exact) mass is 264 g/mol. The molecule has 0 bridgehead atoms. The second kappa shape index (κ2) is 4.08. The number of benzene rings is 1. The average Bonchev–Trinajstić information content (AvgIpc) is 2.43. The van der Waals surface area contributed by atoms with Gasteiger partial charge in [-0.25, -0.2) is 4.39 Å². The minimum atomic E-state index is -1.04. The number of halogens is 3. The Labute approximate surface area is 106 Å². The van der Waals surface area contributed by atoms with Crippen LogP contribution in [0.2, 0.25) is 0 Å². The molecule has 19 heavy (non-hydrogen) atoms. The van der Waals surface area contributed by atoms with E-state index in [1.165, 1.54) is 6.07 Å². The molecule has 1 amide bonds. The SMILES string of the molecule is O=C1Cc2cc(F)ccc2-c2c(cc(F)nc2F)N1. The second-order valence-electron chi connectivity index (χ2n) is 4.18. The molecule has 96 valence electrons. The average molecular weight is 264 g/mol. The Bertz CT molecular complexity index is 701. The first-order chi connectivity index (χ1) is 9.04. The molecule has 2 aromatic rings. The van der Waals surface area contributed by atoms with Crippen LogP contribution >= 0.6 is 0 Å². The highest BCUT2D eigenvalue weighted by molar-refractivity contribution is 6.00. The Kier molecular flexibility index (Phi) is 2.51. The zero-order valence-electron chi connectivity index (χ0n) is 9.51. The second-order valence-corrected chi connectivity index (χ2v) is 4.18. The van der Waals surface area contributed by atoms with E-state index in [1.807, 2.05) is 0 Å². The first-order valence-electron chi connectivity index (χ1n) is 5.49. The third kappa shape index (κ3) is 1.95. The van der Waals surface area contributed by atoms with E-state index in [-0.39, 0.29) is 17.7 Å². The summed E-state index contributed by atoms with van der Waals surface area (Å²) in [4.78, 5) is 14.7. The van der Waals surface area contributed by atoms with Gasteiger partial charge in [0.1, 0.15) is 5.82 Å². The molecule has 3 nitrogen and oxygen atoms in total. The Morgan fingerprint density at radius 3 is 2.74 bits per heavy atom. The molecule has 2 heterocycles. The lowest BCUT2D eigenvalue weighted by Gasteiger charge is -2.09. The lowest BCUT2D eigenvalue weighted by Crippen LogP contribution is -2.13. The summed E-state index contributed by atoms with van der Waals surface area (Å²) in [6.07, 6.45) is -0.108. The standard InChI is InChI=1S/C13H7F3N2O/c14-7-1-2-8-6(3-7)4-11(19)17-9-5-10(15)18-13(16)12(8)9/h1-3,5H,4H2,(H,17,19). The van der Waals surface area contributed by atoms with Crippen LogP contribution in [-0.2, 0) is 11.2 Å². The highest BCUT2D eigenvalue weighted by atomic mass is 19.1. The number of fused-ring (bicyclic) bond motifs is 3. The maximum Gasteiger partial charge on any atom is 0.228 e. The van der Waals surface area contributed by atoms with Crippen molar-refractivity contribution in [2.75, 3.05) is 5.32 Å². The molecule has 0 saturated carbocycles. The van der Waals surface area contributed by atoms with Gasteiger partial charge >= 0.3 is 0 Å². The summed E-state index contributed by atoms with van der Waals surface area (Å²) in [7, 11) is 0. The van der Waals surface area contributed by atoms with E-state index in [1.54, 1.807) is 0 Å². The van der Waals surface area contributed by atoms with E-state index in [0.717, 1.165) is 18.2 Å². The smallest absolute Gasteiger partial charge is 0.228 e. The molecule has 0 atom stereocenters. The van der Waals surface area contributed by atoms with Crippen molar-refractivity contribution in [3.8, 4) is 11.1 Å². The third-order valence-corrected chi connectivity index (χ3v) is 2.91. The predicted octanol–water partition coefficient (Wildman–Crippen LogP) is 2.66. The van der Waals surface area contributed by atoms with Crippen molar-refractivity contribution in [3.05, 3.63) is 47.5 Å². The summed E-state index contributed by atoms with van der Waals surface area (Å²) in [5.74, 6) is -3.05. The van der Waals surface area contributed by atoms with Crippen molar-refractivity contribution in [1.82, 2.24) is 4.98 Å². The molecular weight excluding hydrogens is 257 g/mol. The fraction of sp³-hybridized carbons (Fsp3) is 0.0769. The van der Waals surface area contributed by atoms with Crippen molar-refractivity contribution >= 4 is 11.6 Å². The number of pyridine rings is 1. The molecule has 1 N–H and O–H groups in total. The maximum atomic E-state index is 13.8. The number of hydrogen-bond donors (Lipinski definition) is 1. The first kappa shape index (κ1) is 11.7. The number of carbonyl (C=O) groups is 1. The molecule has 0 saturated heterocycles. The summed E-state index contributed by atoms with van der Waals surface area (Å²) in [5, 5.41) is 2.39. The van der Waals surface area contributed by atoms with Crippen molar-refractivity contribution in [1.29, 1.82) is 0 Å². The van der Waals surface area contributed by atoms with Gasteiger partial charge in [0, 0.05) is 6.07 Å². The van der Waals surface area contributed by atoms with Gasteiger partial charge in [-0.3, -0.25) is 4.79 Å². The number of anilines is 1. The number of amides is 1. The van der Waals surface area contributed by atoms with Crippen molar-refractivity contribution in [3.63, 3.8) is 0 Å². The van der Waals surface area contributed by atoms with Gasteiger partial charge < -0.3 is 5.32 Å². The van der Waals surface area contributed by atoms with Gasteiger partial charge in [0.25, 0.3) is 0 Å². The van der Waals surface area contributed by atoms with Gasteiger partial charge in [-0.05, 0) is 23.3 Å². The van der Waals surface area contributed by atoms with Crippen LogP contribution in [0, 0.1) is 17.7 Å². The van der Waals surface area contributed by atoms with Crippen molar-refractivity contribution < 1.29 is 18.0 Å². The Morgan fingerprint density at radius 2 is 1.95 bits per heavy atom. The van der Waals surface area contributed by atoms with Gasteiger partial charge in [0.05, 0.1) is 17.7 Å². The molecule has 1 aromatic heterocycles. The Morgan fingerprint density at radius 1 is 1.16 bits per heavy atom. The summed E-state index contributed by atoms with van der Waals surface area (Å²) < 4.78 is 40.1. The zero-order chi connectivity index (χ0) is 13.6. The lowest BCUT2D eigenvalue weighted by molar-refractivity contribution is -0.115. The van der Waals surface area contributed by atoms with Crippen molar-refractivity contribution in [2.24, 2.45) is 0 Å². The molecule has 0 aliphatic carbocycles. The zero-order valence-corrected chi connectivity index (χ0v) is 9.51. The highest BCUT2D eigenvalue weighted by Gasteiger charge is 2.23. The molecular formula is C13H7F3N2O. The molecule has 6 heteroatoms. The van der Waals surface area contributed by atoms with Gasteiger partial charge in [-0.2, -0.15) is 13.8 Å². The van der Waals surface area contributed by atoms with E-state index >= 15 is 0 Å². The molecule has 1 aromatic carbocycles. The topological polar surface area (TPSA) is 42.0 Å². The van der Waals surface area contributed by atoms with E-state index in [9.17, 15) is 18.0 Å². The van der Waals surface area contributed by atoms with Crippen LogP contribution in [0.3, 0.4) is 0 Å². The molecule has 0 spiro atoms. The van der Waals surface area contributed by atoms with Crippen LogP contribution < -0.4 is 5.32 Å². The van der Waals surface area contributed by atoms with E-state index < -0.39 is 23.6 Å². The Hall–Kier alpha value is -2.37. The molecule has 1 aliphatic rings. The van der Waals surface area contributed by atoms with Crippen LogP contribution in [0.1, 0.15) is 5.56 Å². The fourth-order valence-corrected chi connectivity index (χ4v) is 2.16. The quantitative estimate of drug-likeness (QED) is 0.743. The van der Waals surface area contributed by atoms with Gasteiger partial charge in [-0.15, -0.1) is 0 Å². The summed E-state index contributed by atoms with van der Waals surface area (Å²) in [5.41, 5.74) is 0.644. The number of carbonyl (C=O) groups excluding carboxylic acids is 1. The minimum Gasteiger partial charge on any atom is -0.325 e. The minimum absolute atomic E-state index is 0.000332. The maximum absolute atomic E-state index is 13.8. The van der Waals surface area contributed by atoms with Gasteiger partial charge in [0.15, 0.2) is 0 Å². The number of nitrogens with zero attached hydrogens (tertiary/aromatic N) is 1. The largest absolute Gasteiger partial charge is 0.325 e. The summed E-state index contributed by atoms with van der Waals surface area (Å²) in [6, 6.07) is 4.61.